The smallest absolute Gasteiger partial charge is 0.319 e. The Morgan fingerprint density at radius 1 is 1.25 bits per heavy atom. The maximum absolute atomic E-state index is 11.0. The van der Waals surface area contributed by atoms with Gasteiger partial charge in [0.15, 0.2) is 0 Å². The van der Waals surface area contributed by atoms with Crippen molar-refractivity contribution < 1.29 is 9.90 Å². The van der Waals surface area contributed by atoms with Crippen LogP contribution in [0.5, 0.6) is 0 Å². The Hall–Kier alpha value is -0.610. The van der Waals surface area contributed by atoms with E-state index in [0.29, 0.717) is 0 Å². The molecule has 0 amide bonds. The van der Waals surface area contributed by atoms with Gasteiger partial charge in [0, 0.05) is 9.79 Å². The quantitative estimate of drug-likeness (QED) is 0.814. The Balaban J connectivity index is 2.72. The highest BCUT2D eigenvalue weighted by Crippen LogP contribution is 2.33. The lowest BCUT2D eigenvalue weighted by Crippen LogP contribution is -2.26. The third-order valence-corrected chi connectivity index (χ3v) is 4.11. The van der Waals surface area contributed by atoms with Crippen molar-refractivity contribution in [3.8, 4) is 0 Å². The van der Waals surface area contributed by atoms with Crippen LogP contribution in [-0.4, -0.2) is 21.6 Å². The van der Waals surface area contributed by atoms with Crippen LogP contribution in [0, 0.1) is 0 Å². The van der Waals surface area contributed by atoms with E-state index in [1.165, 1.54) is 16.7 Å². The number of rotatable bonds is 5. The molecule has 0 spiro atoms. The summed E-state index contributed by atoms with van der Waals surface area (Å²) in [5, 5.41) is 9.02. The number of hydrogen-bond acceptors (Lipinski definition) is 3. The van der Waals surface area contributed by atoms with Crippen LogP contribution >= 0.6 is 23.5 Å². The van der Waals surface area contributed by atoms with E-state index in [4.69, 9.17) is 5.11 Å². The first-order valence-electron chi connectivity index (χ1n) is 5.11. The second-order valence-electron chi connectivity index (χ2n) is 3.82. The van der Waals surface area contributed by atoms with E-state index in [1.807, 2.05) is 24.3 Å². The predicted octanol–water partition coefficient (Wildman–Crippen LogP) is 3.75. The van der Waals surface area contributed by atoms with E-state index in [9.17, 15) is 4.79 Å². The molecule has 4 heteroatoms. The molecule has 1 aromatic rings. The molecule has 0 radical (unpaired) electrons. The van der Waals surface area contributed by atoms with Crippen LogP contribution in [0.4, 0.5) is 0 Å². The molecule has 0 fully saturated rings. The van der Waals surface area contributed by atoms with Gasteiger partial charge in [-0.05, 0) is 43.9 Å². The number of carboxylic acid groups (broad SMARTS) is 1. The molecular weight excluding hydrogens is 240 g/mol. The molecule has 1 N–H and O–H groups in total. The molecule has 0 saturated heterocycles. The number of carboxylic acids is 1. The minimum atomic E-state index is -0.787. The number of benzene rings is 1. The highest BCUT2D eigenvalue weighted by molar-refractivity contribution is 8.01. The summed E-state index contributed by atoms with van der Waals surface area (Å²) < 4.78 is -0.778. The summed E-state index contributed by atoms with van der Waals surface area (Å²) in [6.45, 7) is 5.55. The molecule has 1 rings (SSSR count). The molecule has 2 nitrogen and oxygen atoms in total. The topological polar surface area (TPSA) is 37.3 Å². The van der Waals surface area contributed by atoms with Gasteiger partial charge in [-0.3, -0.25) is 4.79 Å². The van der Waals surface area contributed by atoms with E-state index in [0.717, 1.165) is 10.6 Å². The summed E-state index contributed by atoms with van der Waals surface area (Å²) in [4.78, 5) is 13.2. The molecule has 0 aliphatic carbocycles. The Labute approximate surface area is 105 Å². The van der Waals surface area contributed by atoms with Crippen molar-refractivity contribution in [3.05, 3.63) is 24.3 Å². The second kappa shape index (κ2) is 5.64. The molecule has 0 aliphatic rings. The van der Waals surface area contributed by atoms with Gasteiger partial charge in [0.25, 0.3) is 0 Å². The predicted molar refractivity (Wildman–Crippen MR) is 70.4 cm³/mol. The fourth-order valence-electron chi connectivity index (χ4n) is 1.11. The first-order valence-corrected chi connectivity index (χ1v) is 6.91. The van der Waals surface area contributed by atoms with Crippen molar-refractivity contribution in [1.29, 1.82) is 0 Å². The maximum atomic E-state index is 11.0. The molecule has 0 saturated carbocycles. The highest BCUT2D eigenvalue weighted by Gasteiger charge is 2.28. The minimum Gasteiger partial charge on any atom is -0.480 e. The Morgan fingerprint density at radius 3 is 2.19 bits per heavy atom. The zero-order valence-corrected chi connectivity index (χ0v) is 11.3. The average Bonchev–Trinajstić information content (AvgIpc) is 2.21. The van der Waals surface area contributed by atoms with Gasteiger partial charge in [0.2, 0.25) is 0 Å². The third kappa shape index (κ3) is 3.76. The van der Waals surface area contributed by atoms with E-state index in [1.54, 1.807) is 25.6 Å². The molecule has 0 atom stereocenters. The Bertz CT molecular complexity index is 358. The summed E-state index contributed by atoms with van der Waals surface area (Å²) in [5.74, 6) is 0.261. The van der Waals surface area contributed by atoms with Crippen molar-refractivity contribution >= 4 is 29.5 Å². The van der Waals surface area contributed by atoms with Crippen molar-refractivity contribution in [3.63, 3.8) is 0 Å². The maximum Gasteiger partial charge on any atom is 0.319 e. The molecule has 16 heavy (non-hydrogen) atoms. The average molecular weight is 256 g/mol. The van der Waals surface area contributed by atoms with Crippen LogP contribution in [0.1, 0.15) is 20.8 Å². The number of thioether (sulfide) groups is 2. The lowest BCUT2D eigenvalue weighted by atomic mass is 10.2. The first kappa shape index (κ1) is 13.5. The molecule has 1 aromatic carbocycles. The first-order chi connectivity index (χ1) is 7.45. The van der Waals surface area contributed by atoms with Gasteiger partial charge in [-0.2, -0.15) is 0 Å². The van der Waals surface area contributed by atoms with Crippen LogP contribution in [0.15, 0.2) is 34.1 Å². The Kier molecular flexibility index (Phi) is 4.74. The van der Waals surface area contributed by atoms with Crippen molar-refractivity contribution in [1.82, 2.24) is 0 Å². The summed E-state index contributed by atoms with van der Waals surface area (Å²) in [7, 11) is 0. The number of aliphatic carboxylic acids is 1. The van der Waals surface area contributed by atoms with Crippen molar-refractivity contribution in [2.24, 2.45) is 0 Å². The third-order valence-electron chi connectivity index (χ3n) is 2.02. The normalized spacial score (nSPS) is 11.4. The van der Waals surface area contributed by atoms with Gasteiger partial charge in [-0.1, -0.05) is 6.92 Å². The second-order valence-corrected chi connectivity index (χ2v) is 6.86. The Morgan fingerprint density at radius 2 is 1.75 bits per heavy atom. The molecule has 0 heterocycles. The summed E-state index contributed by atoms with van der Waals surface area (Å²) in [6.07, 6.45) is 0. The monoisotopic (exact) mass is 256 g/mol. The largest absolute Gasteiger partial charge is 0.480 e. The summed E-state index contributed by atoms with van der Waals surface area (Å²) >= 11 is 3.15. The number of hydrogen-bond donors (Lipinski definition) is 1. The van der Waals surface area contributed by atoms with Gasteiger partial charge in [0.1, 0.15) is 4.75 Å². The SMILES string of the molecule is CCSc1ccc(SC(C)(C)C(=O)O)cc1. The summed E-state index contributed by atoms with van der Waals surface area (Å²) in [6, 6.07) is 8.03. The molecule has 88 valence electrons. The van der Waals surface area contributed by atoms with E-state index < -0.39 is 10.7 Å². The van der Waals surface area contributed by atoms with Gasteiger partial charge in [-0.15, -0.1) is 23.5 Å². The minimum absolute atomic E-state index is 0.778. The molecular formula is C12H16O2S2. The standard InChI is InChI=1S/C12H16O2S2/c1-4-15-9-5-7-10(8-6-9)16-12(2,3)11(13)14/h5-8H,4H2,1-3H3,(H,13,14). The van der Waals surface area contributed by atoms with Gasteiger partial charge in [-0.25, -0.2) is 0 Å². The molecule has 0 aliphatic heterocycles. The molecule has 0 unspecified atom stereocenters. The lowest BCUT2D eigenvalue weighted by Gasteiger charge is -2.18. The summed E-state index contributed by atoms with van der Waals surface area (Å²) in [5.41, 5.74) is 0. The van der Waals surface area contributed by atoms with E-state index in [-0.39, 0.29) is 0 Å². The van der Waals surface area contributed by atoms with Crippen LogP contribution in [0.2, 0.25) is 0 Å². The fourth-order valence-corrected chi connectivity index (χ4v) is 2.72. The van der Waals surface area contributed by atoms with E-state index in [2.05, 4.69) is 6.92 Å². The van der Waals surface area contributed by atoms with Crippen LogP contribution in [0.3, 0.4) is 0 Å². The van der Waals surface area contributed by atoms with Gasteiger partial charge < -0.3 is 5.11 Å². The van der Waals surface area contributed by atoms with Crippen molar-refractivity contribution in [2.45, 2.75) is 35.3 Å². The highest BCUT2D eigenvalue weighted by atomic mass is 32.2. The molecule has 0 bridgehead atoms. The lowest BCUT2D eigenvalue weighted by molar-refractivity contribution is -0.138. The van der Waals surface area contributed by atoms with Crippen molar-refractivity contribution in [2.75, 3.05) is 5.75 Å². The zero-order valence-electron chi connectivity index (χ0n) is 9.69. The van der Waals surface area contributed by atoms with Gasteiger partial charge in [0.05, 0.1) is 0 Å². The van der Waals surface area contributed by atoms with E-state index >= 15 is 0 Å². The van der Waals surface area contributed by atoms with Gasteiger partial charge >= 0.3 is 5.97 Å². The number of carbonyl (C=O) groups is 1. The molecule has 0 aromatic heterocycles. The zero-order chi connectivity index (χ0) is 12.2. The van der Waals surface area contributed by atoms with Crippen LogP contribution < -0.4 is 0 Å². The van der Waals surface area contributed by atoms with Crippen LogP contribution in [0.25, 0.3) is 0 Å². The fraction of sp³-hybridized carbons (Fsp3) is 0.417. The van der Waals surface area contributed by atoms with Crippen LogP contribution in [-0.2, 0) is 4.79 Å².